The largest absolute Gasteiger partial charge is 0.495 e. The van der Waals surface area contributed by atoms with E-state index in [2.05, 4.69) is 27.9 Å². The Morgan fingerprint density at radius 3 is 2.54 bits per heavy atom. The highest BCUT2D eigenvalue weighted by molar-refractivity contribution is 14.1. The molecule has 0 aliphatic rings. The number of sulfonamides is 1. The lowest BCUT2D eigenvalue weighted by atomic mass is 10.2. The topological polar surface area (TPSA) is 75.7 Å². The van der Waals surface area contributed by atoms with Gasteiger partial charge in [0.15, 0.2) is 0 Å². The number of hydrogen-bond acceptors (Lipinski definition) is 4. The number of amides is 1. The van der Waals surface area contributed by atoms with Gasteiger partial charge in [0.2, 0.25) is 15.9 Å². The van der Waals surface area contributed by atoms with Gasteiger partial charge < -0.3 is 10.1 Å². The molecule has 0 heterocycles. The third-order valence-electron chi connectivity index (χ3n) is 3.56. The minimum absolute atomic E-state index is 0.206. The van der Waals surface area contributed by atoms with Crippen LogP contribution in [-0.4, -0.2) is 34.2 Å². The number of methoxy groups -OCH3 is 1. The molecule has 1 amide bonds. The Balaban J connectivity index is 2.32. The third kappa shape index (κ3) is 5.24. The second kappa shape index (κ2) is 8.45. The highest BCUT2D eigenvalue weighted by Gasteiger charge is 2.24. The van der Waals surface area contributed by atoms with Crippen molar-refractivity contribution in [1.29, 1.82) is 0 Å². The number of hydrogen-bond donors (Lipinski definition) is 1. The van der Waals surface area contributed by atoms with E-state index in [9.17, 15) is 13.2 Å². The van der Waals surface area contributed by atoms with Gasteiger partial charge in [-0.1, -0.05) is 11.6 Å². The van der Waals surface area contributed by atoms with Crippen molar-refractivity contribution in [2.24, 2.45) is 0 Å². The van der Waals surface area contributed by atoms with Crippen LogP contribution >= 0.6 is 34.2 Å². The Labute approximate surface area is 171 Å². The van der Waals surface area contributed by atoms with Crippen molar-refractivity contribution in [3.05, 3.63) is 50.6 Å². The molecule has 6 nitrogen and oxygen atoms in total. The van der Waals surface area contributed by atoms with Gasteiger partial charge in [0.05, 0.1) is 19.1 Å². The molecular weight excluding hydrogens is 491 g/mol. The smallest absolute Gasteiger partial charge is 0.245 e. The first kappa shape index (κ1) is 20.8. The summed E-state index contributed by atoms with van der Waals surface area (Å²) in [5.74, 6) is -0.167. The van der Waals surface area contributed by atoms with Crippen LogP contribution in [0.25, 0.3) is 0 Å². The monoisotopic (exact) mass is 508 g/mol. The number of carbonyl (C=O) groups excluding carboxylic acids is 1. The SMILES string of the molecule is COc1ccc(Cl)cc1N(CC(=O)Nc1ccc(I)cc1C)S(C)(=O)=O. The van der Waals surface area contributed by atoms with Crippen LogP contribution < -0.4 is 14.4 Å². The van der Waals surface area contributed by atoms with E-state index in [1.165, 1.54) is 13.2 Å². The molecule has 0 saturated carbocycles. The molecule has 0 aliphatic carbocycles. The van der Waals surface area contributed by atoms with E-state index in [0.717, 1.165) is 19.7 Å². The third-order valence-corrected chi connectivity index (χ3v) is 5.59. The van der Waals surface area contributed by atoms with Crippen LogP contribution in [0.2, 0.25) is 5.02 Å². The Kier molecular flexibility index (Phi) is 6.75. The number of halogens is 2. The molecule has 9 heteroatoms. The van der Waals surface area contributed by atoms with Crippen LogP contribution in [0.5, 0.6) is 5.75 Å². The molecule has 1 N–H and O–H groups in total. The maximum Gasteiger partial charge on any atom is 0.245 e. The van der Waals surface area contributed by atoms with Gasteiger partial charge in [-0.05, 0) is 71.5 Å². The fourth-order valence-electron chi connectivity index (χ4n) is 2.33. The van der Waals surface area contributed by atoms with E-state index in [4.69, 9.17) is 16.3 Å². The van der Waals surface area contributed by atoms with Crippen LogP contribution in [0.15, 0.2) is 36.4 Å². The molecule has 0 radical (unpaired) electrons. The maximum absolute atomic E-state index is 12.5. The van der Waals surface area contributed by atoms with E-state index < -0.39 is 22.5 Å². The number of ether oxygens (including phenoxy) is 1. The number of anilines is 2. The van der Waals surface area contributed by atoms with Crippen LogP contribution in [-0.2, 0) is 14.8 Å². The predicted octanol–water partition coefficient (Wildman–Crippen LogP) is 3.67. The summed E-state index contributed by atoms with van der Waals surface area (Å²) in [5, 5.41) is 3.08. The summed E-state index contributed by atoms with van der Waals surface area (Å²) in [6.45, 7) is 1.47. The second-order valence-electron chi connectivity index (χ2n) is 5.59. The van der Waals surface area contributed by atoms with Gasteiger partial charge >= 0.3 is 0 Å². The lowest BCUT2D eigenvalue weighted by Gasteiger charge is -2.24. The summed E-state index contributed by atoms with van der Waals surface area (Å²) in [7, 11) is -2.32. The van der Waals surface area contributed by atoms with Crippen molar-refractivity contribution < 1.29 is 17.9 Å². The molecular formula is C17H18ClIN2O4S. The molecule has 0 spiro atoms. The van der Waals surface area contributed by atoms with Gasteiger partial charge in [0.1, 0.15) is 12.3 Å². The first-order valence-electron chi connectivity index (χ1n) is 7.49. The minimum Gasteiger partial charge on any atom is -0.495 e. The number of aryl methyl sites for hydroxylation is 1. The molecule has 0 fully saturated rings. The Morgan fingerprint density at radius 1 is 1.27 bits per heavy atom. The normalized spacial score (nSPS) is 11.1. The van der Waals surface area contributed by atoms with E-state index in [1.807, 2.05) is 19.1 Å². The average Bonchev–Trinajstić information content (AvgIpc) is 2.54. The Morgan fingerprint density at radius 2 is 1.96 bits per heavy atom. The lowest BCUT2D eigenvalue weighted by molar-refractivity contribution is -0.114. The van der Waals surface area contributed by atoms with Gasteiger partial charge in [0.25, 0.3) is 0 Å². The fourth-order valence-corrected chi connectivity index (χ4v) is 3.99. The van der Waals surface area contributed by atoms with Crippen LogP contribution in [0.1, 0.15) is 5.56 Å². The van der Waals surface area contributed by atoms with Crippen LogP contribution in [0.4, 0.5) is 11.4 Å². The van der Waals surface area contributed by atoms with Crippen molar-refractivity contribution in [1.82, 2.24) is 0 Å². The van der Waals surface area contributed by atoms with Crippen LogP contribution in [0, 0.1) is 10.5 Å². The zero-order valence-electron chi connectivity index (χ0n) is 14.4. The number of rotatable bonds is 6. The summed E-state index contributed by atoms with van der Waals surface area (Å²) in [6, 6.07) is 10.1. The van der Waals surface area contributed by atoms with E-state index in [1.54, 1.807) is 18.2 Å². The number of benzene rings is 2. The van der Waals surface area contributed by atoms with E-state index >= 15 is 0 Å². The summed E-state index contributed by atoms with van der Waals surface area (Å²) in [5.41, 5.74) is 1.72. The number of carbonyl (C=O) groups is 1. The van der Waals surface area contributed by atoms with Gasteiger partial charge in [-0.15, -0.1) is 0 Å². The molecule has 26 heavy (non-hydrogen) atoms. The molecule has 0 aromatic heterocycles. The standard InChI is InChI=1S/C17H18ClIN2O4S/c1-11-8-13(19)5-6-14(11)20-17(22)10-21(26(3,23)24)15-9-12(18)4-7-16(15)25-2/h4-9H,10H2,1-3H3,(H,20,22). The first-order valence-corrected chi connectivity index (χ1v) is 10.8. The maximum atomic E-state index is 12.5. The van der Waals surface area contributed by atoms with Crippen molar-refractivity contribution in [2.45, 2.75) is 6.92 Å². The predicted molar refractivity (Wildman–Crippen MR) is 113 cm³/mol. The zero-order chi connectivity index (χ0) is 19.5. The molecule has 0 bridgehead atoms. The number of nitrogens with zero attached hydrogens (tertiary/aromatic N) is 1. The fraction of sp³-hybridized carbons (Fsp3) is 0.235. The van der Waals surface area contributed by atoms with Crippen molar-refractivity contribution in [3.8, 4) is 5.75 Å². The van der Waals surface area contributed by atoms with E-state index in [0.29, 0.717) is 16.5 Å². The summed E-state index contributed by atoms with van der Waals surface area (Å²) in [4.78, 5) is 12.5. The molecule has 0 aliphatic heterocycles. The zero-order valence-corrected chi connectivity index (χ0v) is 18.1. The Hall–Kier alpha value is -1.52. The first-order chi connectivity index (χ1) is 12.1. The lowest BCUT2D eigenvalue weighted by Crippen LogP contribution is -2.37. The van der Waals surface area contributed by atoms with Gasteiger partial charge in [-0.25, -0.2) is 8.42 Å². The van der Waals surface area contributed by atoms with Gasteiger partial charge in [-0.3, -0.25) is 9.10 Å². The quantitative estimate of drug-likeness (QED) is 0.604. The molecule has 140 valence electrons. The number of nitrogens with one attached hydrogen (secondary N) is 1. The van der Waals surface area contributed by atoms with Gasteiger partial charge in [0, 0.05) is 14.3 Å². The van der Waals surface area contributed by atoms with Crippen molar-refractivity contribution in [3.63, 3.8) is 0 Å². The summed E-state index contributed by atoms with van der Waals surface area (Å²) in [6.07, 6.45) is 1.02. The molecule has 0 atom stereocenters. The highest BCUT2D eigenvalue weighted by Crippen LogP contribution is 2.32. The van der Waals surface area contributed by atoms with E-state index in [-0.39, 0.29) is 5.69 Å². The van der Waals surface area contributed by atoms with Crippen LogP contribution in [0.3, 0.4) is 0 Å². The molecule has 0 unspecified atom stereocenters. The average molecular weight is 509 g/mol. The molecule has 2 aromatic rings. The van der Waals surface area contributed by atoms with Gasteiger partial charge in [-0.2, -0.15) is 0 Å². The second-order valence-corrected chi connectivity index (χ2v) is 9.18. The Bertz CT molecular complexity index is 934. The summed E-state index contributed by atoms with van der Waals surface area (Å²) < 4.78 is 31.7. The summed E-state index contributed by atoms with van der Waals surface area (Å²) >= 11 is 8.17. The minimum atomic E-state index is -3.74. The van der Waals surface area contributed by atoms with Crippen molar-refractivity contribution >= 4 is 61.5 Å². The molecule has 2 aromatic carbocycles. The van der Waals surface area contributed by atoms with Crippen molar-refractivity contribution in [2.75, 3.05) is 29.5 Å². The highest BCUT2D eigenvalue weighted by atomic mass is 127. The molecule has 2 rings (SSSR count). The molecule has 0 saturated heterocycles.